The van der Waals surface area contributed by atoms with Crippen molar-refractivity contribution < 1.29 is 13.3 Å². The van der Waals surface area contributed by atoms with Crippen LogP contribution >= 0.6 is 0 Å². The lowest BCUT2D eigenvalue weighted by atomic mass is 9.95. The lowest BCUT2D eigenvalue weighted by Crippen LogP contribution is -2.25. The number of para-hydroxylation sites is 2. The van der Waals surface area contributed by atoms with Gasteiger partial charge in [-0.15, -0.1) is 0 Å². The van der Waals surface area contributed by atoms with Crippen LogP contribution in [-0.2, 0) is 0 Å². The number of fused-ring (bicyclic) bond motifs is 11. The quantitative estimate of drug-likeness (QED) is 0.124. The highest BCUT2D eigenvalue weighted by atomic mass is 16.3. The van der Waals surface area contributed by atoms with Gasteiger partial charge in [-0.2, -0.15) is 0 Å². The van der Waals surface area contributed by atoms with E-state index in [1.165, 1.54) is 0 Å². The smallest absolute Gasteiger partial charge is 0.164 e. The van der Waals surface area contributed by atoms with Gasteiger partial charge in [-0.25, -0.2) is 29.9 Å². The molecule has 0 unspecified atom stereocenters. The van der Waals surface area contributed by atoms with E-state index in [0.717, 1.165) is 170 Å². The van der Waals surface area contributed by atoms with Gasteiger partial charge in [-0.3, -0.25) is 0 Å². The molecule has 0 radical (unpaired) electrons. The van der Waals surface area contributed by atoms with Crippen LogP contribution in [0.2, 0.25) is 0 Å². The Morgan fingerprint density at radius 3 is 1.36 bits per heavy atom. The van der Waals surface area contributed by atoms with Gasteiger partial charge in [0, 0.05) is 109 Å². The monoisotopic (exact) mass is 1350 g/mol. The van der Waals surface area contributed by atoms with Gasteiger partial charge in [0.25, 0.3) is 0 Å². The van der Waals surface area contributed by atoms with Gasteiger partial charge in [0.05, 0.1) is 16.6 Å². The predicted molar refractivity (Wildman–Crippen MR) is 427 cm³/mol. The minimum atomic E-state index is 0.496. The molecular weight excluding hydrogens is 1290 g/mol. The number of rotatable bonds is 11. The van der Waals surface area contributed by atoms with Crippen LogP contribution < -0.4 is 21.2 Å². The molecule has 0 N–H and O–H groups in total. The topological polar surface area (TPSA) is 127 Å². The second kappa shape index (κ2) is 24.3. The van der Waals surface area contributed by atoms with E-state index < -0.39 is 0 Å². The molecule has 0 amide bonds. The Balaban J connectivity index is 0.745. The van der Waals surface area contributed by atoms with Crippen molar-refractivity contribution in [3.05, 3.63) is 312 Å². The summed E-state index contributed by atoms with van der Waals surface area (Å²) in [5, 5.41) is 10.8. The van der Waals surface area contributed by atoms with Crippen molar-refractivity contribution >= 4 is 113 Å². The predicted octanol–water partition coefficient (Wildman–Crippen LogP) is 21.1. The third-order valence-electron chi connectivity index (χ3n) is 20.5. The van der Waals surface area contributed by atoms with Crippen LogP contribution in [0.3, 0.4) is 0 Å². The van der Waals surface area contributed by atoms with Gasteiger partial charge in [-0.1, -0.05) is 207 Å². The number of hydrogen-bond acceptors (Lipinski definition) is 9. The summed E-state index contributed by atoms with van der Waals surface area (Å²) in [7, 11) is 0. The first-order chi connectivity index (χ1) is 51.8. The lowest BCUT2D eigenvalue weighted by Gasteiger charge is -2.12. The molecule has 0 aliphatic heterocycles. The molecule has 0 spiro atoms. The molecule has 20 aromatic rings. The highest BCUT2D eigenvalue weighted by Crippen LogP contribution is 2.46. The van der Waals surface area contributed by atoms with E-state index in [1.54, 1.807) is 0 Å². The molecule has 0 atom stereocenters. The lowest BCUT2D eigenvalue weighted by molar-refractivity contribution is 0.575. The minimum Gasteiger partial charge on any atom is -0.456 e. The van der Waals surface area contributed by atoms with Crippen molar-refractivity contribution in [1.82, 2.24) is 39.0 Å². The van der Waals surface area contributed by atoms with E-state index in [-0.39, 0.29) is 0 Å². The molecule has 105 heavy (non-hydrogen) atoms. The minimum absolute atomic E-state index is 0.496. The maximum absolute atomic E-state index is 7.21. The van der Waals surface area contributed by atoms with Crippen molar-refractivity contribution in [2.45, 2.75) is 13.8 Å². The highest BCUT2D eigenvalue weighted by Gasteiger charge is 2.26. The summed E-state index contributed by atoms with van der Waals surface area (Å²) in [5.41, 5.74) is 20.7. The number of benzene rings is 13. The summed E-state index contributed by atoms with van der Waals surface area (Å²) in [6.45, 7) is 13.2. The summed E-state index contributed by atoms with van der Waals surface area (Å²) in [4.78, 5) is 31.8. The zero-order valence-corrected chi connectivity index (χ0v) is 57.1. The summed E-state index contributed by atoms with van der Waals surface area (Å²) in [5.74, 6) is 3.15. The first-order valence-electron chi connectivity index (χ1n) is 35.1. The van der Waals surface area contributed by atoms with Crippen LogP contribution in [0.4, 0.5) is 0 Å². The highest BCUT2D eigenvalue weighted by molar-refractivity contribution is 6.18. The Labute approximate surface area is 600 Å². The number of aromatic nitrogens is 8. The first kappa shape index (κ1) is 60.8. The van der Waals surface area contributed by atoms with E-state index in [0.29, 0.717) is 51.7 Å². The fourth-order valence-corrected chi connectivity index (χ4v) is 15.5. The van der Waals surface area contributed by atoms with E-state index in [4.69, 9.17) is 43.2 Å². The fraction of sp³-hybridized carbons (Fsp3) is 0.0213. The van der Waals surface area contributed by atoms with E-state index in [2.05, 4.69) is 211 Å². The van der Waals surface area contributed by atoms with E-state index in [1.807, 2.05) is 128 Å². The third kappa shape index (κ3) is 9.96. The van der Waals surface area contributed by atoms with E-state index in [9.17, 15) is 0 Å². The van der Waals surface area contributed by atoms with Crippen molar-refractivity contribution in [2.24, 2.45) is 0 Å². The number of nitrogens with zero attached hydrogens (tertiary/aromatic N) is 8. The molecule has 0 aliphatic rings. The fourth-order valence-electron chi connectivity index (χ4n) is 15.5. The maximum atomic E-state index is 7.21. The Bertz CT molecular complexity index is 7140. The first-order valence-corrected chi connectivity index (χ1v) is 35.1. The van der Waals surface area contributed by atoms with Crippen molar-refractivity contribution in [3.63, 3.8) is 0 Å². The van der Waals surface area contributed by atoms with Crippen molar-refractivity contribution in [3.8, 4) is 113 Å². The van der Waals surface area contributed by atoms with Gasteiger partial charge in [0.1, 0.15) is 33.3 Å². The average Bonchev–Trinajstić information content (AvgIpc) is 1.52. The van der Waals surface area contributed by atoms with Gasteiger partial charge in [-0.05, 0) is 151 Å². The number of hydrogen-bond donors (Lipinski definition) is 0. The van der Waals surface area contributed by atoms with Crippen LogP contribution in [-0.4, -0.2) is 39.0 Å². The Hall–Kier alpha value is -14.2. The van der Waals surface area contributed by atoms with Crippen LogP contribution in [0.5, 0.6) is 0 Å². The molecule has 7 aromatic heterocycles. The molecule has 0 saturated heterocycles. The normalized spacial score (nSPS) is 12.3. The zero-order chi connectivity index (χ0) is 70.0. The Kier molecular flexibility index (Phi) is 14.1. The molecule has 0 bridgehead atoms. The van der Waals surface area contributed by atoms with Crippen LogP contribution in [0.1, 0.15) is 13.8 Å². The molecular formula is C94H60N8O3. The van der Waals surface area contributed by atoms with Crippen molar-refractivity contribution in [2.75, 3.05) is 0 Å². The van der Waals surface area contributed by atoms with Crippen LogP contribution in [0.25, 0.3) is 226 Å². The summed E-state index contributed by atoms with van der Waals surface area (Å²) >= 11 is 0. The molecule has 11 nitrogen and oxygen atoms in total. The summed E-state index contributed by atoms with van der Waals surface area (Å²) < 4.78 is 25.0. The molecule has 0 aliphatic carbocycles. The van der Waals surface area contributed by atoms with Gasteiger partial charge in [0.2, 0.25) is 0 Å². The van der Waals surface area contributed by atoms with Gasteiger partial charge >= 0.3 is 0 Å². The summed E-state index contributed by atoms with van der Waals surface area (Å²) in [6, 6.07) is 100. The van der Waals surface area contributed by atoms with E-state index >= 15 is 0 Å². The summed E-state index contributed by atoms with van der Waals surface area (Å²) in [6.07, 6.45) is 4.14. The molecule has 0 saturated carbocycles. The van der Waals surface area contributed by atoms with Crippen LogP contribution in [0, 0.1) is 0 Å². The molecule has 7 heterocycles. The Morgan fingerprint density at radius 1 is 0.286 bits per heavy atom. The van der Waals surface area contributed by atoms with Crippen molar-refractivity contribution in [1.29, 1.82) is 0 Å². The zero-order valence-electron chi connectivity index (χ0n) is 57.1. The molecule has 13 aromatic carbocycles. The molecule has 20 rings (SSSR count). The second-order valence-corrected chi connectivity index (χ2v) is 26.5. The molecule has 11 heteroatoms. The SMILES string of the molecule is C=c1c(=C)n(-c2ccccc2)c2cc3c4cc(-c5ccc6oc7cccc(-c8nc(-c9ccccc9)nc(-c9cccc(-c%10ccc(-c%11nc(-c%12ccccc%12)nc(-c%12ccccc%12)n%11)c%11c%10oc%10ccc(-c%12cccc%13oc(=C/C)/c(=C\C)c%12%13)cc%10%11)c9)n8)c7c6c5)ccc4n(-c4ccccc4)c3cc12. The van der Waals surface area contributed by atoms with Gasteiger partial charge in [0.15, 0.2) is 34.9 Å². The standard InChI is InChI=1S/C94H60N8O3/c1-5-67-80(6-2)103-83-39-23-37-68(85(67)83)63-43-48-82-76(52-63)87-71(94-98-89(57-25-12-7-13-26-57)95-90(99-94)58-27-14-8-15-28-58)45-44-69(88(87)105-82)62-31-22-32-64(49-62)92-96-91(59-29-16-9-17-30-59)97-93(100-92)70-38-24-40-84-86(70)75-51-61(42-47-81(75)104-84)60-41-46-77-73(50-60)74-54-78-72(53-79(74)102(77)66-35-20-11-21-36-66)55(3)56(4)101(78)65-33-18-10-19-34-65/h5-54H,3-4H2,1-2H3/b67-5+,80-6+. The third-order valence-corrected chi connectivity index (χ3v) is 20.5. The second-order valence-electron chi connectivity index (χ2n) is 26.5. The maximum Gasteiger partial charge on any atom is 0.164 e. The average molecular weight is 1350 g/mol. The molecule has 494 valence electrons. The number of furan rings is 3. The Morgan fingerprint density at radius 2 is 0.733 bits per heavy atom. The molecule has 0 fully saturated rings. The largest absolute Gasteiger partial charge is 0.456 e. The van der Waals surface area contributed by atoms with Crippen LogP contribution in [0.15, 0.2) is 304 Å². The van der Waals surface area contributed by atoms with Gasteiger partial charge < -0.3 is 22.4 Å².